The Bertz CT molecular complexity index is 662. The third-order valence-corrected chi connectivity index (χ3v) is 5.73. The molecule has 2 unspecified atom stereocenters. The first kappa shape index (κ1) is 25.7. The van der Waals surface area contributed by atoms with Gasteiger partial charge >= 0.3 is 19.7 Å². The summed E-state index contributed by atoms with van der Waals surface area (Å²) >= 11 is 0. The summed E-state index contributed by atoms with van der Waals surface area (Å²) < 4.78 is 22.2. The number of carbonyl (C=O) groups is 2. The number of amides is 1. The summed E-state index contributed by atoms with van der Waals surface area (Å²) in [7, 11) is -4.19. The molecule has 0 radical (unpaired) electrons. The molecule has 8 nitrogen and oxygen atoms in total. The Hall–Kier alpha value is -1.37. The van der Waals surface area contributed by atoms with Crippen LogP contribution in [-0.4, -0.2) is 57.7 Å². The van der Waals surface area contributed by atoms with Crippen LogP contribution in [0, 0.1) is 5.92 Å². The zero-order valence-corrected chi connectivity index (χ0v) is 19.3. The molecule has 1 saturated heterocycles. The lowest BCUT2D eigenvalue weighted by atomic mass is 9.81. The SMILES string of the molecule is CCOC(=O)C1CC(C(CC)=C(CC)CP(=O)(O)O)CCN1C(=O)OC(C)(C)C. The highest BCUT2D eigenvalue weighted by molar-refractivity contribution is 7.52. The Balaban J connectivity index is 3.18. The first-order valence-corrected chi connectivity index (χ1v) is 12.0. The molecular formula is C20H36NO7P. The van der Waals surface area contributed by atoms with Gasteiger partial charge in [-0.3, -0.25) is 9.46 Å². The van der Waals surface area contributed by atoms with Crippen molar-refractivity contribution in [3.63, 3.8) is 0 Å². The van der Waals surface area contributed by atoms with Gasteiger partial charge in [-0.05, 0) is 59.3 Å². The highest BCUT2D eigenvalue weighted by Crippen LogP contribution is 2.41. The van der Waals surface area contributed by atoms with Crippen molar-refractivity contribution < 1.29 is 33.4 Å². The van der Waals surface area contributed by atoms with Crippen molar-refractivity contribution in [1.29, 1.82) is 0 Å². The molecular weight excluding hydrogens is 397 g/mol. The molecule has 1 rings (SSSR count). The second-order valence-electron chi connectivity index (χ2n) is 8.32. The smallest absolute Gasteiger partial charge is 0.411 e. The van der Waals surface area contributed by atoms with E-state index in [4.69, 9.17) is 9.47 Å². The predicted octanol–water partition coefficient (Wildman–Crippen LogP) is 3.86. The second kappa shape index (κ2) is 10.6. The van der Waals surface area contributed by atoms with Crippen LogP contribution in [0.5, 0.6) is 0 Å². The third kappa shape index (κ3) is 8.11. The molecule has 1 aliphatic heterocycles. The zero-order valence-electron chi connectivity index (χ0n) is 18.4. The number of piperidine rings is 1. The van der Waals surface area contributed by atoms with Crippen LogP contribution < -0.4 is 0 Å². The molecule has 0 aromatic carbocycles. The number of hydrogen-bond donors (Lipinski definition) is 2. The van der Waals surface area contributed by atoms with Crippen LogP contribution in [0.2, 0.25) is 0 Å². The van der Waals surface area contributed by atoms with Crippen molar-refractivity contribution in [3.8, 4) is 0 Å². The van der Waals surface area contributed by atoms with E-state index in [1.54, 1.807) is 27.7 Å². The van der Waals surface area contributed by atoms with Crippen molar-refractivity contribution in [2.75, 3.05) is 19.3 Å². The molecule has 1 heterocycles. The van der Waals surface area contributed by atoms with E-state index in [0.717, 1.165) is 11.1 Å². The van der Waals surface area contributed by atoms with Gasteiger partial charge < -0.3 is 19.3 Å². The average Bonchev–Trinajstić information content (AvgIpc) is 2.59. The van der Waals surface area contributed by atoms with Gasteiger partial charge in [0, 0.05) is 6.54 Å². The molecule has 29 heavy (non-hydrogen) atoms. The minimum absolute atomic E-state index is 0.0467. The molecule has 1 aliphatic rings. The fourth-order valence-electron chi connectivity index (χ4n) is 3.80. The fourth-order valence-corrected chi connectivity index (χ4v) is 4.72. The van der Waals surface area contributed by atoms with Crippen molar-refractivity contribution in [2.24, 2.45) is 5.92 Å². The number of likely N-dealkylation sites (tertiary alicyclic amines) is 1. The minimum Gasteiger partial charge on any atom is -0.464 e. The minimum atomic E-state index is -4.19. The molecule has 0 spiro atoms. The lowest BCUT2D eigenvalue weighted by molar-refractivity contribution is -0.151. The van der Waals surface area contributed by atoms with E-state index in [-0.39, 0.29) is 18.7 Å². The van der Waals surface area contributed by atoms with Gasteiger partial charge in [0.05, 0.1) is 12.8 Å². The number of carbonyl (C=O) groups excluding carboxylic acids is 2. The van der Waals surface area contributed by atoms with Crippen molar-refractivity contribution in [2.45, 2.75) is 78.9 Å². The Kier molecular flexibility index (Phi) is 9.38. The highest BCUT2D eigenvalue weighted by atomic mass is 31.2. The lowest BCUT2D eigenvalue weighted by Gasteiger charge is -2.39. The quantitative estimate of drug-likeness (QED) is 0.356. The van der Waals surface area contributed by atoms with Gasteiger partial charge in [0.2, 0.25) is 0 Å². The Morgan fingerprint density at radius 2 is 1.76 bits per heavy atom. The van der Waals surface area contributed by atoms with Crippen LogP contribution in [0.3, 0.4) is 0 Å². The molecule has 1 fully saturated rings. The van der Waals surface area contributed by atoms with E-state index in [1.165, 1.54) is 4.90 Å². The van der Waals surface area contributed by atoms with Gasteiger partial charge in [0.15, 0.2) is 0 Å². The summed E-state index contributed by atoms with van der Waals surface area (Å²) in [6.45, 7) is 11.4. The number of ether oxygens (including phenoxy) is 2. The Morgan fingerprint density at radius 3 is 2.21 bits per heavy atom. The highest BCUT2D eigenvalue weighted by Gasteiger charge is 2.40. The van der Waals surface area contributed by atoms with Crippen LogP contribution in [0.4, 0.5) is 4.79 Å². The van der Waals surface area contributed by atoms with E-state index in [0.29, 0.717) is 32.2 Å². The maximum Gasteiger partial charge on any atom is 0.411 e. The Morgan fingerprint density at radius 1 is 1.14 bits per heavy atom. The number of rotatable bonds is 7. The normalized spacial score (nSPS) is 21.4. The summed E-state index contributed by atoms with van der Waals surface area (Å²) in [5, 5.41) is 0. The van der Waals surface area contributed by atoms with Gasteiger partial charge in [0.1, 0.15) is 11.6 Å². The maximum absolute atomic E-state index is 12.6. The average molecular weight is 433 g/mol. The second-order valence-corrected chi connectivity index (χ2v) is 9.97. The van der Waals surface area contributed by atoms with Gasteiger partial charge in [0.25, 0.3) is 0 Å². The van der Waals surface area contributed by atoms with E-state index in [1.807, 2.05) is 13.8 Å². The standard InChI is InChI=1S/C20H36NO7P/c1-7-14(13-29(24,25)26)16(8-2)15-10-11-21(19(23)28-20(4,5)6)17(12-15)18(22)27-9-3/h15,17H,7-13H2,1-6H3,(H2,24,25,26). The molecule has 0 bridgehead atoms. The van der Waals surface area contributed by atoms with Crippen LogP contribution in [0.1, 0.15) is 67.2 Å². The molecule has 0 aromatic heterocycles. The number of esters is 1. The molecule has 2 N–H and O–H groups in total. The van der Waals surface area contributed by atoms with E-state index in [2.05, 4.69) is 0 Å². The Labute approximate surface area is 173 Å². The topological polar surface area (TPSA) is 113 Å². The van der Waals surface area contributed by atoms with Gasteiger partial charge in [-0.15, -0.1) is 0 Å². The monoisotopic (exact) mass is 433 g/mol. The van der Waals surface area contributed by atoms with E-state index >= 15 is 0 Å². The summed E-state index contributed by atoms with van der Waals surface area (Å²) in [5.74, 6) is -0.527. The van der Waals surface area contributed by atoms with Crippen LogP contribution >= 0.6 is 7.60 Å². The number of nitrogens with zero attached hydrogens (tertiary/aromatic N) is 1. The van der Waals surface area contributed by atoms with Gasteiger partial charge in [-0.25, -0.2) is 9.59 Å². The van der Waals surface area contributed by atoms with Gasteiger partial charge in [-0.1, -0.05) is 25.0 Å². The maximum atomic E-state index is 12.6. The summed E-state index contributed by atoms with van der Waals surface area (Å²) in [5.41, 5.74) is 1.02. The van der Waals surface area contributed by atoms with E-state index in [9.17, 15) is 23.9 Å². The number of hydrogen-bond acceptors (Lipinski definition) is 5. The van der Waals surface area contributed by atoms with Crippen molar-refractivity contribution in [3.05, 3.63) is 11.1 Å². The van der Waals surface area contributed by atoms with E-state index < -0.39 is 31.3 Å². The third-order valence-electron chi connectivity index (χ3n) is 4.94. The largest absolute Gasteiger partial charge is 0.464 e. The van der Waals surface area contributed by atoms with Gasteiger partial charge in [-0.2, -0.15) is 0 Å². The zero-order chi connectivity index (χ0) is 22.4. The molecule has 0 saturated carbocycles. The van der Waals surface area contributed by atoms with Crippen molar-refractivity contribution >= 4 is 19.7 Å². The van der Waals surface area contributed by atoms with Crippen LogP contribution in [0.15, 0.2) is 11.1 Å². The predicted molar refractivity (Wildman–Crippen MR) is 111 cm³/mol. The molecule has 9 heteroatoms. The summed E-state index contributed by atoms with van der Waals surface area (Å²) in [6, 6.07) is -0.779. The summed E-state index contributed by atoms with van der Waals surface area (Å²) in [4.78, 5) is 45.5. The van der Waals surface area contributed by atoms with Crippen LogP contribution in [-0.2, 0) is 18.8 Å². The molecule has 0 aliphatic carbocycles. The molecule has 1 amide bonds. The number of allylic oxidation sites excluding steroid dienone is 2. The van der Waals surface area contributed by atoms with Crippen LogP contribution in [0.25, 0.3) is 0 Å². The lowest BCUT2D eigenvalue weighted by Crippen LogP contribution is -2.52. The molecule has 0 aromatic rings. The van der Waals surface area contributed by atoms with Crippen molar-refractivity contribution in [1.82, 2.24) is 4.90 Å². The fraction of sp³-hybridized carbons (Fsp3) is 0.800. The first-order chi connectivity index (χ1) is 13.3. The summed E-state index contributed by atoms with van der Waals surface area (Å²) in [6.07, 6.45) is 1.29. The molecule has 168 valence electrons. The first-order valence-electron chi connectivity index (χ1n) is 10.2. The molecule has 2 atom stereocenters.